The fourth-order valence-corrected chi connectivity index (χ4v) is 2.46. The number of anilines is 2. The zero-order chi connectivity index (χ0) is 15.1. The first-order valence-electron chi connectivity index (χ1n) is 6.60. The Bertz CT molecular complexity index is 1020. The number of fused-ring (bicyclic) bond motifs is 2. The molecule has 108 valence electrons. The average molecular weight is 312 g/mol. The van der Waals surface area contributed by atoms with E-state index >= 15 is 0 Å². The molecule has 0 aliphatic rings. The molecule has 22 heavy (non-hydrogen) atoms. The first-order chi connectivity index (χ1) is 10.7. The van der Waals surface area contributed by atoms with E-state index in [0.29, 0.717) is 27.8 Å². The van der Waals surface area contributed by atoms with Gasteiger partial charge in [-0.25, -0.2) is 9.97 Å². The van der Waals surface area contributed by atoms with Crippen molar-refractivity contribution in [1.29, 1.82) is 0 Å². The Balaban J connectivity index is 1.79. The Morgan fingerprint density at radius 1 is 0.955 bits per heavy atom. The maximum absolute atomic E-state index is 12.1. The number of halogens is 1. The van der Waals surface area contributed by atoms with E-state index in [9.17, 15) is 4.79 Å². The number of rotatable bonds is 2. The van der Waals surface area contributed by atoms with E-state index in [1.165, 1.54) is 0 Å². The van der Waals surface area contributed by atoms with Crippen LogP contribution in [0.1, 0.15) is 0 Å². The molecule has 0 spiro atoms. The monoisotopic (exact) mass is 311 g/mol. The van der Waals surface area contributed by atoms with Gasteiger partial charge in [0.05, 0.1) is 21.9 Å². The lowest BCUT2D eigenvalue weighted by Crippen LogP contribution is -2.11. The van der Waals surface area contributed by atoms with Gasteiger partial charge in [-0.3, -0.25) is 15.1 Å². The van der Waals surface area contributed by atoms with E-state index in [4.69, 9.17) is 11.6 Å². The largest absolute Gasteiger partial charge is 0.324 e. The summed E-state index contributed by atoms with van der Waals surface area (Å²) in [6.45, 7) is 0. The number of aromatic nitrogens is 4. The minimum absolute atomic E-state index is 0.236. The summed E-state index contributed by atoms with van der Waals surface area (Å²) in [7, 11) is 0. The Hall–Kier alpha value is -2.86. The van der Waals surface area contributed by atoms with Crippen molar-refractivity contribution in [3.63, 3.8) is 0 Å². The minimum Gasteiger partial charge on any atom is -0.324 e. The van der Waals surface area contributed by atoms with Crippen LogP contribution in [0.5, 0.6) is 0 Å². The highest BCUT2D eigenvalue weighted by atomic mass is 35.5. The molecule has 0 bridgehead atoms. The summed E-state index contributed by atoms with van der Waals surface area (Å²) >= 11 is 5.95. The third-order valence-corrected chi connectivity index (χ3v) is 3.53. The number of nitrogens with zero attached hydrogens (tertiary/aromatic N) is 2. The molecule has 7 heteroatoms. The normalized spacial score (nSPS) is 11.1. The summed E-state index contributed by atoms with van der Waals surface area (Å²) in [5.41, 5.74) is 2.02. The van der Waals surface area contributed by atoms with E-state index in [1.807, 2.05) is 24.3 Å². The van der Waals surface area contributed by atoms with Gasteiger partial charge in [-0.1, -0.05) is 23.7 Å². The molecule has 0 radical (unpaired) electrons. The zero-order valence-corrected chi connectivity index (χ0v) is 12.0. The molecule has 4 rings (SSSR count). The topological polar surface area (TPSA) is 86.5 Å². The predicted octanol–water partition coefficient (Wildman–Crippen LogP) is 3.20. The number of aromatic amines is 2. The molecule has 2 aromatic heterocycles. The Kier molecular flexibility index (Phi) is 2.83. The molecule has 0 aliphatic carbocycles. The van der Waals surface area contributed by atoms with Gasteiger partial charge in [-0.15, -0.1) is 0 Å². The second-order valence-corrected chi connectivity index (χ2v) is 5.24. The second-order valence-electron chi connectivity index (χ2n) is 4.80. The van der Waals surface area contributed by atoms with Crippen LogP contribution in [0.4, 0.5) is 11.9 Å². The molecule has 2 aromatic carbocycles. The molecule has 3 N–H and O–H groups in total. The number of imidazole rings is 1. The second kappa shape index (κ2) is 4.85. The Morgan fingerprint density at radius 2 is 1.73 bits per heavy atom. The minimum atomic E-state index is -0.236. The molecule has 0 saturated carbocycles. The molecule has 0 amide bonds. The van der Waals surface area contributed by atoms with Crippen molar-refractivity contribution < 1.29 is 0 Å². The van der Waals surface area contributed by atoms with Gasteiger partial charge in [-0.05, 0) is 30.3 Å². The highest BCUT2D eigenvalue weighted by molar-refractivity contribution is 6.31. The van der Waals surface area contributed by atoms with E-state index < -0.39 is 0 Å². The van der Waals surface area contributed by atoms with E-state index in [0.717, 1.165) is 11.0 Å². The SMILES string of the molecule is O=c1[nH]c(Nc2nc3ccccc3[nH]2)nc2cc(Cl)ccc12. The fraction of sp³-hybridized carbons (Fsp3) is 0. The molecule has 0 fully saturated rings. The summed E-state index contributed by atoms with van der Waals surface area (Å²) in [4.78, 5) is 26.6. The molecular weight excluding hydrogens is 302 g/mol. The third kappa shape index (κ3) is 2.19. The number of para-hydroxylation sites is 2. The molecule has 0 aliphatic heterocycles. The van der Waals surface area contributed by atoms with Crippen LogP contribution in [0, 0.1) is 0 Å². The van der Waals surface area contributed by atoms with Crippen molar-refractivity contribution in [2.45, 2.75) is 0 Å². The molecule has 0 unspecified atom stereocenters. The standard InChI is InChI=1S/C15H10ClN5O/c16-8-5-6-9-12(7-8)19-15(20-13(9)22)21-14-17-10-3-1-2-4-11(10)18-14/h1-7H,(H3,17,18,19,20,21,22). The van der Waals surface area contributed by atoms with Crippen LogP contribution in [0.2, 0.25) is 5.02 Å². The van der Waals surface area contributed by atoms with Gasteiger partial charge in [0.25, 0.3) is 5.56 Å². The number of hydrogen-bond acceptors (Lipinski definition) is 4. The van der Waals surface area contributed by atoms with E-state index in [2.05, 4.69) is 25.3 Å². The quantitative estimate of drug-likeness (QED) is 0.530. The van der Waals surface area contributed by atoms with Gasteiger partial charge < -0.3 is 4.98 Å². The van der Waals surface area contributed by atoms with Crippen molar-refractivity contribution in [3.8, 4) is 0 Å². The summed E-state index contributed by atoms with van der Waals surface area (Å²) in [5.74, 6) is 0.810. The highest BCUT2D eigenvalue weighted by Crippen LogP contribution is 2.18. The van der Waals surface area contributed by atoms with Crippen molar-refractivity contribution in [2.24, 2.45) is 0 Å². The highest BCUT2D eigenvalue weighted by Gasteiger charge is 2.07. The first-order valence-corrected chi connectivity index (χ1v) is 6.98. The van der Waals surface area contributed by atoms with Gasteiger partial charge in [0.1, 0.15) is 0 Å². The van der Waals surface area contributed by atoms with E-state index in [-0.39, 0.29) is 5.56 Å². The molecule has 6 nitrogen and oxygen atoms in total. The van der Waals surface area contributed by atoms with Crippen molar-refractivity contribution in [2.75, 3.05) is 5.32 Å². The van der Waals surface area contributed by atoms with Gasteiger partial charge in [0, 0.05) is 5.02 Å². The Labute approximate surface area is 129 Å². The van der Waals surface area contributed by atoms with Crippen LogP contribution in [-0.2, 0) is 0 Å². The van der Waals surface area contributed by atoms with Crippen LogP contribution in [-0.4, -0.2) is 19.9 Å². The molecule has 0 atom stereocenters. The number of H-pyrrole nitrogens is 2. The average Bonchev–Trinajstić information content (AvgIpc) is 2.88. The van der Waals surface area contributed by atoms with Gasteiger partial charge in [0.15, 0.2) is 0 Å². The van der Waals surface area contributed by atoms with Crippen molar-refractivity contribution in [1.82, 2.24) is 19.9 Å². The van der Waals surface area contributed by atoms with Gasteiger partial charge in [-0.2, -0.15) is 0 Å². The summed E-state index contributed by atoms with van der Waals surface area (Å²) in [6, 6.07) is 12.6. The van der Waals surface area contributed by atoms with Crippen LogP contribution in [0.25, 0.3) is 21.9 Å². The first kappa shape index (κ1) is 12.8. The van der Waals surface area contributed by atoms with Crippen molar-refractivity contribution in [3.05, 3.63) is 57.8 Å². The lowest BCUT2D eigenvalue weighted by Gasteiger charge is -2.03. The zero-order valence-electron chi connectivity index (χ0n) is 11.2. The van der Waals surface area contributed by atoms with E-state index in [1.54, 1.807) is 18.2 Å². The summed E-state index contributed by atoms with van der Waals surface area (Å²) in [6.07, 6.45) is 0. The molecule has 0 saturated heterocycles. The number of benzene rings is 2. The smallest absolute Gasteiger partial charge is 0.260 e. The molecule has 4 aromatic rings. The predicted molar refractivity (Wildman–Crippen MR) is 86.8 cm³/mol. The fourth-order valence-electron chi connectivity index (χ4n) is 2.30. The third-order valence-electron chi connectivity index (χ3n) is 3.29. The molecular formula is C15H10ClN5O. The Morgan fingerprint density at radius 3 is 2.59 bits per heavy atom. The summed E-state index contributed by atoms with van der Waals surface area (Å²) < 4.78 is 0. The van der Waals surface area contributed by atoms with Crippen LogP contribution < -0.4 is 10.9 Å². The lowest BCUT2D eigenvalue weighted by molar-refractivity contribution is 1.14. The number of nitrogens with one attached hydrogen (secondary N) is 3. The van der Waals surface area contributed by atoms with Crippen LogP contribution in [0.3, 0.4) is 0 Å². The number of hydrogen-bond donors (Lipinski definition) is 3. The van der Waals surface area contributed by atoms with Gasteiger partial charge in [0.2, 0.25) is 11.9 Å². The van der Waals surface area contributed by atoms with Gasteiger partial charge >= 0.3 is 0 Å². The molecule has 2 heterocycles. The lowest BCUT2D eigenvalue weighted by atomic mass is 10.2. The maximum Gasteiger partial charge on any atom is 0.260 e. The van der Waals surface area contributed by atoms with Crippen LogP contribution in [0.15, 0.2) is 47.3 Å². The summed E-state index contributed by atoms with van der Waals surface area (Å²) in [5, 5.41) is 3.98. The van der Waals surface area contributed by atoms with Crippen LogP contribution >= 0.6 is 11.6 Å². The maximum atomic E-state index is 12.1. The van der Waals surface area contributed by atoms with Crippen molar-refractivity contribution >= 4 is 45.4 Å².